The minimum atomic E-state index is -0.889. The molecule has 0 spiro atoms. The van der Waals surface area contributed by atoms with Crippen LogP contribution < -0.4 is 16.0 Å². The maximum Gasteiger partial charge on any atom is 0.320 e. The van der Waals surface area contributed by atoms with Gasteiger partial charge in [0.25, 0.3) is 0 Å². The zero-order chi connectivity index (χ0) is 29.0. The molecule has 0 aromatic heterocycles. The number of aryl methyl sites for hydroxylation is 2. The monoisotopic (exact) mass is 540 g/mol. The second-order valence-corrected chi connectivity index (χ2v) is 11.8. The summed E-state index contributed by atoms with van der Waals surface area (Å²) < 4.78 is 0. The van der Waals surface area contributed by atoms with Gasteiger partial charge in [-0.15, -0.1) is 0 Å². The normalized spacial score (nSPS) is 19.6. The number of carbonyl (C=O) groups excluding carboxylic acids is 3. The van der Waals surface area contributed by atoms with Crippen molar-refractivity contribution in [2.45, 2.75) is 71.0 Å². The fourth-order valence-corrected chi connectivity index (χ4v) is 5.75. The summed E-state index contributed by atoms with van der Waals surface area (Å²) in [7, 11) is 0. The van der Waals surface area contributed by atoms with E-state index in [0.717, 1.165) is 22.3 Å². The molecule has 0 bridgehead atoms. The molecule has 1 aliphatic rings. The Kier molecular flexibility index (Phi) is 8.62. The number of hydrogen-bond donors (Lipinski definition) is 2. The van der Waals surface area contributed by atoms with E-state index >= 15 is 0 Å². The molecule has 4 rings (SSSR count). The number of likely N-dealkylation sites (tertiary alicyclic amines) is 1. The summed E-state index contributed by atoms with van der Waals surface area (Å²) in [6.45, 7) is 9.60. The quantitative estimate of drug-likeness (QED) is 0.425. The molecule has 1 aliphatic heterocycles. The molecule has 4 amide bonds. The molecule has 210 valence electrons. The van der Waals surface area contributed by atoms with E-state index in [-0.39, 0.29) is 30.3 Å². The number of amides is 4. The summed E-state index contributed by atoms with van der Waals surface area (Å²) in [5, 5.41) is 3.00. The highest BCUT2D eigenvalue weighted by Gasteiger charge is 2.43. The number of urea groups is 1. The Morgan fingerprint density at radius 2 is 1.62 bits per heavy atom. The van der Waals surface area contributed by atoms with Gasteiger partial charge in [-0.25, -0.2) is 4.79 Å². The number of carbonyl (C=O) groups is 3. The molecule has 1 saturated heterocycles. The molecule has 3 atom stereocenters. The number of anilines is 1. The Morgan fingerprint density at radius 1 is 0.950 bits per heavy atom. The molecule has 0 saturated carbocycles. The minimum absolute atomic E-state index is 0.0670. The molecule has 3 aromatic rings. The van der Waals surface area contributed by atoms with E-state index in [1.807, 2.05) is 88.4 Å². The van der Waals surface area contributed by atoms with Crippen molar-refractivity contribution >= 4 is 23.5 Å². The van der Waals surface area contributed by atoms with Crippen molar-refractivity contribution in [2.75, 3.05) is 11.4 Å². The van der Waals surface area contributed by atoms with Crippen molar-refractivity contribution in [1.82, 2.24) is 10.2 Å². The highest BCUT2D eigenvalue weighted by molar-refractivity contribution is 6.00. The molecular weight excluding hydrogens is 500 g/mol. The SMILES string of the molecule is Cc1cccc(N(C(N)=O)[C@@H]2C[C@H](c3ccccc3C)C[C@H](c3ccccc3)N(CC(=O)NC(C)(C)C)C2=O)c1. The number of nitrogens with two attached hydrogens (primary N) is 1. The first-order chi connectivity index (χ1) is 18.9. The van der Waals surface area contributed by atoms with Crippen LogP contribution in [-0.4, -0.2) is 40.9 Å². The van der Waals surface area contributed by atoms with Crippen molar-refractivity contribution in [3.8, 4) is 0 Å². The largest absolute Gasteiger partial charge is 0.351 e. The van der Waals surface area contributed by atoms with Crippen LogP contribution >= 0.6 is 0 Å². The second kappa shape index (κ2) is 11.9. The third-order valence-corrected chi connectivity index (χ3v) is 7.43. The molecule has 3 aromatic carbocycles. The first-order valence-corrected chi connectivity index (χ1v) is 13.8. The van der Waals surface area contributed by atoms with Crippen LogP contribution in [0, 0.1) is 13.8 Å². The van der Waals surface area contributed by atoms with E-state index in [4.69, 9.17) is 5.73 Å². The molecule has 1 heterocycles. The van der Waals surface area contributed by atoms with Crippen LogP contribution in [0.1, 0.15) is 67.8 Å². The van der Waals surface area contributed by atoms with E-state index in [1.54, 1.807) is 11.0 Å². The Labute approximate surface area is 237 Å². The Morgan fingerprint density at radius 3 is 2.25 bits per heavy atom. The molecule has 0 unspecified atom stereocenters. The Bertz CT molecular complexity index is 1370. The third-order valence-electron chi connectivity index (χ3n) is 7.43. The lowest BCUT2D eigenvalue weighted by atomic mass is 9.84. The predicted molar refractivity (Wildman–Crippen MR) is 159 cm³/mol. The van der Waals surface area contributed by atoms with Crippen molar-refractivity contribution in [3.63, 3.8) is 0 Å². The Hall–Kier alpha value is -4.13. The summed E-state index contributed by atoms with van der Waals surface area (Å²) in [4.78, 5) is 44.0. The van der Waals surface area contributed by atoms with Crippen molar-refractivity contribution in [2.24, 2.45) is 5.73 Å². The topological polar surface area (TPSA) is 95.7 Å². The van der Waals surface area contributed by atoms with Crippen LogP contribution in [-0.2, 0) is 9.59 Å². The van der Waals surface area contributed by atoms with E-state index in [9.17, 15) is 14.4 Å². The Balaban J connectivity index is 1.88. The number of rotatable bonds is 6. The maximum atomic E-state index is 14.6. The number of primary amides is 1. The van der Waals surface area contributed by atoms with Gasteiger partial charge < -0.3 is 16.0 Å². The zero-order valence-corrected chi connectivity index (χ0v) is 24.1. The maximum absolute atomic E-state index is 14.6. The highest BCUT2D eigenvalue weighted by atomic mass is 16.2. The van der Waals surface area contributed by atoms with Gasteiger partial charge >= 0.3 is 6.03 Å². The molecule has 0 radical (unpaired) electrons. The average molecular weight is 541 g/mol. The van der Waals surface area contributed by atoms with Gasteiger partial charge in [-0.1, -0.05) is 66.7 Å². The first kappa shape index (κ1) is 28.9. The molecule has 7 nitrogen and oxygen atoms in total. The predicted octanol–water partition coefficient (Wildman–Crippen LogP) is 5.62. The lowest BCUT2D eigenvalue weighted by Crippen LogP contribution is -2.55. The average Bonchev–Trinajstić information content (AvgIpc) is 3.01. The smallest absolute Gasteiger partial charge is 0.320 e. The number of nitrogens with zero attached hydrogens (tertiary/aromatic N) is 2. The van der Waals surface area contributed by atoms with Gasteiger partial charge in [-0.3, -0.25) is 14.5 Å². The molecular formula is C33H40N4O3. The van der Waals surface area contributed by atoms with Crippen molar-refractivity contribution < 1.29 is 14.4 Å². The van der Waals surface area contributed by atoms with E-state index < -0.39 is 17.6 Å². The summed E-state index contributed by atoms with van der Waals surface area (Å²) in [5.41, 5.74) is 10.2. The molecule has 7 heteroatoms. The fourth-order valence-electron chi connectivity index (χ4n) is 5.75. The molecule has 1 fully saturated rings. The summed E-state index contributed by atoms with van der Waals surface area (Å²) >= 11 is 0. The van der Waals surface area contributed by atoms with Crippen LogP contribution in [0.15, 0.2) is 78.9 Å². The molecule has 40 heavy (non-hydrogen) atoms. The second-order valence-electron chi connectivity index (χ2n) is 11.8. The third kappa shape index (κ3) is 6.71. The number of nitrogens with one attached hydrogen (secondary N) is 1. The van der Waals surface area contributed by atoms with Crippen molar-refractivity contribution in [3.05, 3.63) is 101 Å². The first-order valence-electron chi connectivity index (χ1n) is 13.8. The molecule has 3 N–H and O–H groups in total. The fraction of sp³-hybridized carbons (Fsp3) is 0.364. The molecule has 0 aliphatic carbocycles. The van der Waals surface area contributed by atoms with Crippen LogP contribution in [0.3, 0.4) is 0 Å². The summed E-state index contributed by atoms with van der Waals surface area (Å²) in [6, 6.07) is 23.4. The van der Waals surface area contributed by atoms with E-state index in [1.165, 1.54) is 4.90 Å². The standard InChI is InChI=1S/C33H40N4O3/c1-22-12-11-16-26(18-22)37(32(34)40)29-20-25(27-17-10-9-13-23(27)2)19-28(24-14-7-6-8-15-24)36(31(29)39)21-30(38)35-33(3,4)5/h6-18,25,28-29H,19-21H2,1-5H3,(H2,34,40)(H,35,38)/t25-,28-,29-/m1/s1. The van der Waals surface area contributed by atoms with Gasteiger partial charge in [-0.05, 0) is 87.8 Å². The van der Waals surface area contributed by atoms with Gasteiger partial charge in [0.1, 0.15) is 12.6 Å². The number of benzene rings is 3. The lowest BCUT2D eigenvalue weighted by molar-refractivity contribution is -0.139. The highest BCUT2D eigenvalue weighted by Crippen LogP contribution is 2.42. The van der Waals surface area contributed by atoms with Crippen molar-refractivity contribution in [1.29, 1.82) is 0 Å². The van der Waals surface area contributed by atoms with Gasteiger partial charge in [0.2, 0.25) is 11.8 Å². The van der Waals surface area contributed by atoms with Crippen LogP contribution in [0.2, 0.25) is 0 Å². The summed E-state index contributed by atoms with van der Waals surface area (Å²) in [5.74, 6) is -0.618. The zero-order valence-electron chi connectivity index (χ0n) is 24.1. The van der Waals surface area contributed by atoms with Crippen LogP contribution in [0.25, 0.3) is 0 Å². The number of hydrogen-bond acceptors (Lipinski definition) is 3. The van der Waals surface area contributed by atoms with E-state index in [0.29, 0.717) is 18.5 Å². The van der Waals surface area contributed by atoms with Gasteiger partial charge in [0.05, 0.1) is 6.04 Å². The van der Waals surface area contributed by atoms with Gasteiger partial charge in [-0.2, -0.15) is 0 Å². The minimum Gasteiger partial charge on any atom is -0.351 e. The van der Waals surface area contributed by atoms with Gasteiger partial charge in [0, 0.05) is 11.2 Å². The van der Waals surface area contributed by atoms with Gasteiger partial charge in [0.15, 0.2) is 0 Å². The summed E-state index contributed by atoms with van der Waals surface area (Å²) in [6.07, 6.45) is 0.974. The van der Waals surface area contributed by atoms with Crippen LogP contribution in [0.4, 0.5) is 10.5 Å². The van der Waals surface area contributed by atoms with Crippen LogP contribution in [0.5, 0.6) is 0 Å². The lowest BCUT2D eigenvalue weighted by Gasteiger charge is -2.35. The van der Waals surface area contributed by atoms with E-state index in [2.05, 4.69) is 24.4 Å².